The van der Waals surface area contributed by atoms with Crippen molar-refractivity contribution in [3.05, 3.63) is 11.4 Å². The van der Waals surface area contributed by atoms with E-state index in [-0.39, 0.29) is 0 Å². The van der Waals surface area contributed by atoms with Crippen LogP contribution >= 0.6 is 0 Å². The zero-order valence-electron chi connectivity index (χ0n) is 11.8. The van der Waals surface area contributed by atoms with Gasteiger partial charge in [-0.05, 0) is 26.8 Å². The number of rotatable bonds is 5. The molecule has 1 aromatic heterocycles. The summed E-state index contributed by atoms with van der Waals surface area (Å²) in [4.78, 5) is 11.0. The first kappa shape index (κ1) is 14.0. The highest BCUT2D eigenvalue weighted by Gasteiger charge is 2.10. The van der Waals surface area contributed by atoms with Crippen LogP contribution in [-0.2, 0) is 4.74 Å². The van der Waals surface area contributed by atoms with Crippen LogP contribution in [0.15, 0.2) is 0 Å². The van der Waals surface area contributed by atoms with Gasteiger partial charge in [0.15, 0.2) is 0 Å². The summed E-state index contributed by atoms with van der Waals surface area (Å²) in [5, 5.41) is 3.35. The van der Waals surface area contributed by atoms with Gasteiger partial charge in [-0.3, -0.25) is 4.90 Å². The summed E-state index contributed by atoms with van der Waals surface area (Å²) < 4.78 is 5.33. The van der Waals surface area contributed by atoms with E-state index in [0.29, 0.717) is 11.6 Å². The molecule has 1 fully saturated rings. The van der Waals surface area contributed by atoms with Gasteiger partial charge in [0.2, 0.25) is 0 Å². The first-order valence-electron chi connectivity index (χ1n) is 6.81. The molecule has 1 aliphatic rings. The largest absolute Gasteiger partial charge is 0.383 e. The molecule has 0 atom stereocenters. The first-order valence-corrected chi connectivity index (χ1v) is 6.81. The van der Waals surface area contributed by atoms with Gasteiger partial charge in [-0.2, -0.15) is 0 Å². The zero-order valence-corrected chi connectivity index (χ0v) is 11.8. The second-order valence-corrected chi connectivity index (χ2v) is 4.86. The molecule has 3 N–H and O–H groups in total. The predicted octanol–water partition coefficient (Wildman–Crippen LogP) is 0.810. The fourth-order valence-corrected chi connectivity index (χ4v) is 2.16. The number of nitrogens with two attached hydrogens (primary N) is 1. The van der Waals surface area contributed by atoms with E-state index < -0.39 is 0 Å². The van der Waals surface area contributed by atoms with Gasteiger partial charge in [-0.25, -0.2) is 9.97 Å². The topological polar surface area (TPSA) is 76.3 Å². The van der Waals surface area contributed by atoms with E-state index in [1.165, 1.54) is 0 Å². The van der Waals surface area contributed by atoms with E-state index in [0.717, 1.165) is 57.2 Å². The van der Waals surface area contributed by atoms with Crippen LogP contribution in [-0.4, -0.2) is 54.3 Å². The summed E-state index contributed by atoms with van der Waals surface area (Å²) >= 11 is 0. The Morgan fingerprint density at radius 1 is 1.26 bits per heavy atom. The summed E-state index contributed by atoms with van der Waals surface area (Å²) in [5.41, 5.74) is 6.76. The summed E-state index contributed by atoms with van der Waals surface area (Å²) in [6.07, 6.45) is 1.09. The molecule has 0 radical (unpaired) electrons. The minimum atomic E-state index is 0.558. The Hall–Kier alpha value is -1.40. The van der Waals surface area contributed by atoms with Crippen molar-refractivity contribution >= 4 is 11.6 Å². The molecule has 1 aliphatic heterocycles. The van der Waals surface area contributed by atoms with Gasteiger partial charge in [0.1, 0.15) is 17.5 Å². The van der Waals surface area contributed by atoms with Crippen molar-refractivity contribution in [2.24, 2.45) is 0 Å². The summed E-state index contributed by atoms with van der Waals surface area (Å²) in [6, 6.07) is 0. The van der Waals surface area contributed by atoms with Crippen molar-refractivity contribution < 1.29 is 4.74 Å². The number of anilines is 2. The van der Waals surface area contributed by atoms with Gasteiger partial charge in [0.05, 0.1) is 13.2 Å². The van der Waals surface area contributed by atoms with Crippen molar-refractivity contribution in [2.45, 2.75) is 20.3 Å². The highest BCUT2D eigenvalue weighted by Crippen LogP contribution is 2.16. The van der Waals surface area contributed by atoms with E-state index in [4.69, 9.17) is 10.5 Å². The van der Waals surface area contributed by atoms with Crippen LogP contribution in [0.5, 0.6) is 0 Å². The lowest BCUT2D eigenvalue weighted by Crippen LogP contribution is -2.37. The minimum Gasteiger partial charge on any atom is -0.383 e. The molecule has 6 nitrogen and oxygen atoms in total. The quantitative estimate of drug-likeness (QED) is 0.767. The molecule has 0 unspecified atom stereocenters. The predicted molar refractivity (Wildman–Crippen MR) is 76.3 cm³/mol. The van der Waals surface area contributed by atoms with Crippen molar-refractivity contribution in [1.29, 1.82) is 0 Å². The average Bonchev–Trinajstić information content (AvgIpc) is 2.41. The number of nitrogens with one attached hydrogen (secondary N) is 1. The highest BCUT2D eigenvalue weighted by molar-refractivity contribution is 5.54. The van der Waals surface area contributed by atoms with E-state index in [9.17, 15) is 0 Å². The molecule has 0 saturated carbocycles. The van der Waals surface area contributed by atoms with Crippen molar-refractivity contribution in [3.8, 4) is 0 Å². The Kier molecular flexibility index (Phi) is 4.93. The lowest BCUT2D eigenvalue weighted by molar-refractivity contribution is 0.0378. The number of hydrogen-bond acceptors (Lipinski definition) is 6. The normalized spacial score (nSPS) is 16.5. The van der Waals surface area contributed by atoms with Crippen molar-refractivity contribution in [1.82, 2.24) is 14.9 Å². The van der Waals surface area contributed by atoms with Crippen LogP contribution in [0.4, 0.5) is 11.6 Å². The third-order valence-electron chi connectivity index (χ3n) is 3.34. The number of hydrogen-bond donors (Lipinski definition) is 2. The lowest BCUT2D eigenvalue weighted by atomic mass is 10.3. The molecule has 106 valence electrons. The summed E-state index contributed by atoms with van der Waals surface area (Å²) in [6.45, 7) is 9.58. The average molecular weight is 265 g/mol. The molecule has 6 heteroatoms. The zero-order chi connectivity index (χ0) is 13.7. The lowest BCUT2D eigenvalue weighted by Gasteiger charge is -2.26. The Morgan fingerprint density at radius 2 is 2.00 bits per heavy atom. The van der Waals surface area contributed by atoms with E-state index in [1.54, 1.807) is 0 Å². The fourth-order valence-electron chi connectivity index (χ4n) is 2.16. The molecule has 1 saturated heterocycles. The van der Waals surface area contributed by atoms with Crippen molar-refractivity contribution in [3.63, 3.8) is 0 Å². The Balaban J connectivity index is 1.76. The molecule has 0 aromatic carbocycles. The van der Waals surface area contributed by atoms with Crippen LogP contribution in [0.25, 0.3) is 0 Å². The molecule has 2 rings (SSSR count). The number of morpholine rings is 1. The molecular weight excluding hydrogens is 242 g/mol. The number of aryl methyl sites for hydroxylation is 1. The number of nitrogens with zero attached hydrogens (tertiary/aromatic N) is 3. The highest BCUT2D eigenvalue weighted by atomic mass is 16.5. The standard InChI is InChI=1S/C13H23N5O/c1-10-12(14)16-11(2)17-13(10)15-4-3-5-18-6-8-19-9-7-18/h3-9H2,1-2H3,(H3,14,15,16,17). The van der Waals surface area contributed by atoms with Crippen LogP contribution in [0.2, 0.25) is 0 Å². The maximum absolute atomic E-state index is 5.83. The Morgan fingerprint density at radius 3 is 2.74 bits per heavy atom. The molecule has 0 aliphatic carbocycles. The maximum atomic E-state index is 5.83. The van der Waals surface area contributed by atoms with Gasteiger partial charge >= 0.3 is 0 Å². The summed E-state index contributed by atoms with van der Waals surface area (Å²) in [7, 11) is 0. The van der Waals surface area contributed by atoms with Crippen LogP contribution in [0.3, 0.4) is 0 Å². The number of nitrogen functional groups attached to an aromatic ring is 1. The Labute approximate surface area is 114 Å². The second-order valence-electron chi connectivity index (χ2n) is 4.86. The Bertz CT molecular complexity index is 418. The molecule has 19 heavy (non-hydrogen) atoms. The monoisotopic (exact) mass is 265 g/mol. The maximum Gasteiger partial charge on any atom is 0.134 e. The SMILES string of the molecule is Cc1nc(N)c(C)c(NCCCN2CCOCC2)n1. The summed E-state index contributed by atoms with van der Waals surface area (Å²) in [5.74, 6) is 2.12. The third-order valence-corrected chi connectivity index (χ3v) is 3.34. The van der Waals surface area contributed by atoms with Crippen molar-refractivity contribution in [2.75, 3.05) is 50.4 Å². The fraction of sp³-hybridized carbons (Fsp3) is 0.692. The first-order chi connectivity index (χ1) is 9.16. The van der Waals surface area contributed by atoms with Gasteiger partial charge in [-0.15, -0.1) is 0 Å². The smallest absolute Gasteiger partial charge is 0.134 e. The van der Waals surface area contributed by atoms with Crippen LogP contribution in [0.1, 0.15) is 17.8 Å². The number of aromatic nitrogens is 2. The van der Waals surface area contributed by atoms with Gasteiger partial charge in [0.25, 0.3) is 0 Å². The van der Waals surface area contributed by atoms with Gasteiger partial charge in [-0.1, -0.05) is 0 Å². The molecule has 1 aromatic rings. The van der Waals surface area contributed by atoms with E-state index >= 15 is 0 Å². The van der Waals surface area contributed by atoms with Gasteiger partial charge in [0, 0.05) is 25.2 Å². The van der Waals surface area contributed by atoms with Crippen LogP contribution < -0.4 is 11.1 Å². The molecule has 0 spiro atoms. The van der Waals surface area contributed by atoms with E-state index in [1.807, 2.05) is 13.8 Å². The number of ether oxygens (including phenoxy) is 1. The molecule has 0 bridgehead atoms. The van der Waals surface area contributed by atoms with Crippen LogP contribution in [0, 0.1) is 13.8 Å². The van der Waals surface area contributed by atoms with Gasteiger partial charge < -0.3 is 15.8 Å². The van der Waals surface area contributed by atoms with E-state index in [2.05, 4.69) is 20.2 Å². The molecular formula is C13H23N5O. The molecule has 2 heterocycles. The molecule has 0 amide bonds. The third kappa shape index (κ3) is 4.04. The second kappa shape index (κ2) is 6.68. The minimum absolute atomic E-state index is 0.558.